The van der Waals surface area contributed by atoms with Crippen LogP contribution in [0.15, 0.2) is 18.2 Å². The van der Waals surface area contributed by atoms with Gasteiger partial charge in [0, 0.05) is 23.2 Å². The zero-order valence-electron chi connectivity index (χ0n) is 9.60. The Morgan fingerprint density at radius 3 is 2.83 bits per heavy atom. The first-order valence-corrected chi connectivity index (χ1v) is 5.26. The molecule has 7 nitrogen and oxygen atoms in total. The second kappa shape index (κ2) is 4.36. The molecule has 0 aliphatic heterocycles. The van der Waals surface area contributed by atoms with Crippen molar-refractivity contribution in [2.45, 2.75) is 6.92 Å². The predicted octanol–water partition coefficient (Wildman–Crippen LogP) is 1.83. The van der Waals surface area contributed by atoms with Gasteiger partial charge in [-0.2, -0.15) is 0 Å². The topological polar surface area (TPSA) is 111 Å². The number of ether oxygens (including phenoxy) is 1. The summed E-state index contributed by atoms with van der Waals surface area (Å²) in [4.78, 5) is 24.4. The zero-order valence-corrected chi connectivity index (χ0v) is 9.60. The van der Waals surface area contributed by atoms with E-state index in [4.69, 9.17) is 10.5 Å². The summed E-state index contributed by atoms with van der Waals surface area (Å²) >= 11 is 0. The third-order valence-electron chi connectivity index (χ3n) is 2.46. The van der Waals surface area contributed by atoms with Gasteiger partial charge >= 0.3 is 5.97 Å². The number of aromatic nitrogens is 1. The summed E-state index contributed by atoms with van der Waals surface area (Å²) in [5.41, 5.74) is 6.48. The maximum absolute atomic E-state index is 11.5. The van der Waals surface area contributed by atoms with Gasteiger partial charge in [-0.15, -0.1) is 0 Å². The van der Waals surface area contributed by atoms with E-state index in [-0.39, 0.29) is 23.7 Å². The minimum absolute atomic E-state index is 0.128. The Labute approximate surface area is 102 Å². The summed E-state index contributed by atoms with van der Waals surface area (Å²) in [6.07, 6.45) is 0. The van der Waals surface area contributed by atoms with Crippen LogP contribution >= 0.6 is 0 Å². The van der Waals surface area contributed by atoms with Crippen molar-refractivity contribution in [3.05, 3.63) is 34.0 Å². The molecule has 3 N–H and O–H groups in total. The van der Waals surface area contributed by atoms with Crippen molar-refractivity contribution in [1.82, 2.24) is 4.98 Å². The van der Waals surface area contributed by atoms with Crippen LogP contribution in [0.2, 0.25) is 0 Å². The van der Waals surface area contributed by atoms with Crippen molar-refractivity contribution in [1.29, 1.82) is 0 Å². The standard InChI is InChI=1S/C11H11N3O4/c1-2-18-11(15)10-5-7-8(12)3-6(14(16)17)4-9(7)13-10/h3-5,13H,2,12H2,1H3. The number of aromatic amines is 1. The number of rotatable bonds is 3. The highest BCUT2D eigenvalue weighted by molar-refractivity contribution is 6.00. The number of nitrogen functional groups attached to an aromatic ring is 1. The lowest BCUT2D eigenvalue weighted by Crippen LogP contribution is -2.04. The summed E-state index contributed by atoms with van der Waals surface area (Å²) in [7, 11) is 0. The predicted molar refractivity (Wildman–Crippen MR) is 65.3 cm³/mol. The van der Waals surface area contributed by atoms with E-state index >= 15 is 0 Å². The molecule has 0 saturated carbocycles. The zero-order chi connectivity index (χ0) is 13.3. The number of H-pyrrole nitrogens is 1. The van der Waals surface area contributed by atoms with E-state index in [1.54, 1.807) is 6.92 Å². The fourth-order valence-electron chi connectivity index (χ4n) is 1.67. The van der Waals surface area contributed by atoms with Crippen molar-refractivity contribution in [2.75, 3.05) is 12.3 Å². The SMILES string of the molecule is CCOC(=O)c1cc2c(N)cc([N+](=O)[O-])cc2[nH]1. The second-order valence-corrected chi connectivity index (χ2v) is 3.66. The number of benzene rings is 1. The van der Waals surface area contributed by atoms with Gasteiger partial charge in [-0.25, -0.2) is 4.79 Å². The number of nitrogens with one attached hydrogen (secondary N) is 1. The van der Waals surface area contributed by atoms with Gasteiger partial charge in [0.05, 0.1) is 17.0 Å². The number of nitrogens with two attached hydrogens (primary N) is 1. The smallest absolute Gasteiger partial charge is 0.354 e. The number of non-ortho nitro benzene ring substituents is 1. The summed E-state index contributed by atoms with van der Waals surface area (Å²) in [5, 5.41) is 11.2. The fourth-order valence-corrected chi connectivity index (χ4v) is 1.67. The maximum atomic E-state index is 11.5. The number of anilines is 1. The molecule has 0 atom stereocenters. The minimum Gasteiger partial charge on any atom is -0.461 e. The van der Waals surface area contributed by atoms with Crippen LogP contribution in [0.4, 0.5) is 11.4 Å². The van der Waals surface area contributed by atoms with Crippen LogP contribution < -0.4 is 5.73 Å². The normalized spacial score (nSPS) is 10.5. The lowest BCUT2D eigenvalue weighted by atomic mass is 10.2. The van der Waals surface area contributed by atoms with Crippen molar-refractivity contribution in [3.8, 4) is 0 Å². The lowest BCUT2D eigenvalue weighted by molar-refractivity contribution is -0.384. The van der Waals surface area contributed by atoms with Gasteiger partial charge in [-0.05, 0) is 13.0 Å². The number of carbonyl (C=O) groups excluding carboxylic acids is 1. The molecule has 0 saturated heterocycles. The molecule has 1 aromatic carbocycles. The lowest BCUT2D eigenvalue weighted by Gasteiger charge is -1.96. The average Bonchev–Trinajstić information content (AvgIpc) is 2.73. The van der Waals surface area contributed by atoms with E-state index < -0.39 is 10.9 Å². The van der Waals surface area contributed by atoms with Gasteiger partial charge in [0.2, 0.25) is 0 Å². The van der Waals surface area contributed by atoms with Crippen molar-refractivity contribution in [2.24, 2.45) is 0 Å². The maximum Gasteiger partial charge on any atom is 0.354 e. The molecule has 0 aliphatic rings. The van der Waals surface area contributed by atoms with Gasteiger partial charge in [0.1, 0.15) is 5.69 Å². The Kier molecular flexibility index (Phi) is 2.88. The van der Waals surface area contributed by atoms with E-state index in [1.807, 2.05) is 0 Å². The van der Waals surface area contributed by atoms with Crippen LogP contribution in [-0.4, -0.2) is 22.5 Å². The number of hydrogen-bond acceptors (Lipinski definition) is 5. The van der Waals surface area contributed by atoms with Crippen LogP contribution in [0, 0.1) is 10.1 Å². The first kappa shape index (κ1) is 11.9. The van der Waals surface area contributed by atoms with Crippen molar-refractivity contribution < 1.29 is 14.5 Å². The summed E-state index contributed by atoms with van der Waals surface area (Å²) < 4.78 is 4.83. The number of nitro benzene ring substituents is 1. The monoisotopic (exact) mass is 249 g/mol. The number of nitrogens with zero attached hydrogens (tertiary/aromatic N) is 1. The van der Waals surface area contributed by atoms with Gasteiger partial charge in [0.25, 0.3) is 5.69 Å². The summed E-state index contributed by atoms with van der Waals surface area (Å²) in [5.74, 6) is -0.518. The molecule has 0 radical (unpaired) electrons. The molecular formula is C11H11N3O4. The van der Waals surface area contributed by atoms with E-state index in [2.05, 4.69) is 4.98 Å². The minimum atomic E-state index is -0.541. The highest BCUT2D eigenvalue weighted by atomic mass is 16.6. The highest BCUT2D eigenvalue weighted by Crippen LogP contribution is 2.27. The third-order valence-corrected chi connectivity index (χ3v) is 2.46. The van der Waals surface area contributed by atoms with Crippen LogP contribution in [0.3, 0.4) is 0 Å². The van der Waals surface area contributed by atoms with Crippen LogP contribution in [0.25, 0.3) is 10.9 Å². The van der Waals surface area contributed by atoms with E-state index in [0.717, 1.165) is 0 Å². The first-order valence-electron chi connectivity index (χ1n) is 5.26. The molecule has 0 fully saturated rings. The Balaban J connectivity index is 2.54. The molecule has 94 valence electrons. The van der Waals surface area contributed by atoms with E-state index in [0.29, 0.717) is 10.9 Å². The van der Waals surface area contributed by atoms with Gasteiger partial charge in [-0.3, -0.25) is 10.1 Å². The van der Waals surface area contributed by atoms with Gasteiger partial charge in [-0.1, -0.05) is 0 Å². The van der Waals surface area contributed by atoms with Crippen LogP contribution in [-0.2, 0) is 4.74 Å². The van der Waals surface area contributed by atoms with E-state index in [1.165, 1.54) is 18.2 Å². The molecule has 2 rings (SSSR count). The average molecular weight is 249 g/mol. The molecule has 0 spiro atoms. The molecule has 0 aliphatic carbocycles. The summed E-state index contributed by atoms with van der Waals surface area (Å²) in [6.45, 7) is 1.95. The molecular weight excluding hydrogens is 238 g/mol. The Morgan fingerprint density at radius 2 is 2.22 bits per heavy atom. The van der Waals surface area contributed by atoms with E-state index in [9.17, 15) is 14.9 Å². The Hall–Kier alpha value is -2.57. The summed E-state index contributed by atoms with van der Waals surface area (Å²) in [6, 6.07) is 4.10. The largest absolute Gasteiger partial charge is 0.461 e. The number of nitro groups is 1. The number of fused-ring (bicyclic) bond motifs is 1. The molecule has 2 aromatic rings. The first-order chi connectivity index (χ1) is 8.52. The van der Waals surface area contributed by atoms with Crippen molar-refractivity contribution >= 4 is 28.2 Å². The van der Waals surface area contributed by atoms with Crippen LogP contribution in [0.5, 0.6) is 0 Å². The number of hydrogen-bond donors (Lipinski definition) is 2. The quantitative estimate of drug-likeness (QED) is 0.373. The fraction of sp³-hybridized carbons (Fsp3) is 0.182. The third kappa shape index (κ3) is 1.97. The molecule has 1 heterocycles. The number of carbonyl (C=O) groups is 1. The molecule has 1 aromatic heterocycles. The van der Waals surface area contributed by atoms with Gasteiger partial charge < -0.3 is 15.5 Å². The molecule has 0 bridgehead atoms. The Bertz CT molecular complexity index is 632. The molecule has 18 heavy (non-hydrogen) atoms. The molecule has 0 amide bonds. The van der Waals surface area contributed by atoms with Crippen molar-refractivity contribution in [3.63, 3.8) is 0 Å². The van der Waals surface area contributed by atoms with Crippen LogP contribution in [0.1, 0.15) is 17.4 Å². The molecule has 0 unspecified atom stereocenters. The highest BCUT2D eigenvalue weighted by Gasteiger charge is 2.15. The second-order valence-electron chi connectivity index (χ2n) is 3.66. The van der Waals surface area contributed by atoms with Gasteiger partial charge in [0.15, 0.2) is 0 Å². The number of esters is 1. The molecule has 7 heteroatoms. The Morgan fingerprint density at radius 1 is 1.50 bits per heavy atom.